The fraction of sp³-hybridized carbons (Fsp3) is 0.153. The Hall–Kier alpha value is -6.90. The highest BCUT2D eigenvalue weighted by atomic mass is 15.2. The molecule has 0 fully saturated rings. The molecular weight excluding hydrogens is 737 g/mol. The van der Waals surface area contributed by atoms with Gasteiger partial charge in [0.15, 0.2) is 0 Å². The number of benzene rings is 8. The number of hydrogen-bond donors (Lipinski definition) is 0. The number of rotatable bonds is 5. The first-order chi connectivity index (χ1) is 29.5. The summed E-state index contributed by atoms with van der Waals surface area (Å²) in [6.45, 7) is 14.1. The Balaban J connectivity index is 0.864. The zero-order chi connectivity index (χ0) is 41.7. The molecule has 0 N–H and O–H groups in total. The molecule has 296 valence electrons. The van der Waals surface area contributed by atoms with E-state index < -0.39 is 0 Å². The lowest BCUT2D eigenvalue weighted by molar-refractivity contribution is 0.631. The van der Waals surface area contributed by atoms with Crippen molar-refractivity contribution in [1.82, 2.24) is 0 Å². The number of anilines is 6. The largest absolute Gasteiger partial charge is 0.310 e. The smallest absolute Gasteiger partial charge is 0.0502 e. The summed E-state index contributed by atoms with van der Waals surface area (Å²) in [6.07, 6.45) is 4.50. The summed E-state index contributed by atoms with van der Waals surface area (Å²) in [7, 11) is 0. The Morgan fingerprint density at radius 2 is 0.721 bits per heavy atom. The van der Waals surface area contributed by atoms with Gasteiger partial charge in [0.2, 0.25) is 0 Å². The molecule has 2 nitrogen and oxygen atoms in total. The summed E-state index contributed by atoms with van der Waals surface area (Å²) >= 11 is 0. The van der Waals surface area contributed by atoms with Crippen LogP contribution in [0.2, 0.25) is 0 Å². The van der Waals surface area contributed by atoms with E-state index in [0.717, 1.165) is 0 Å². The summed E-state index contributed by atoms with van der Waals surface area (Å²) in [5.74, 6) is 0. The molecule has 0 saturated heterocycles. The van der Waals surface area contributed by atoms with E-state index >= 15 is 0 Å². The summed E-state index contributed by atoms with van der Waals surface area (Å²) in [5, 5.41) is 0. The van der Waals surface area contributed by atoms with E-state index in [1.54, 1.807) is 0 Å². The van der Waals surface area contributed by atoms with Gasteiger partial charge in [-0.15, -0.1) is 0 Å². The molecule has 8 aromatic rings. The maximum atomic E-state index is 2.47. The van der Waals surface area contributed by atoms with Crippen molar-refractivity contribution in [2.75, 3.05) is 9.80 Å². The van der Waals surface area contributed by atoms with Gasteiger partial charge in [-0.1, -0.05) is 187 Å². The predicted molar refractivity (Wildman–Crippen MR) is 258 cm³/mol. The van der Waals surface area contributed by atoms with Crippen LogP contribution in [0.4, 0.5) is 34.1 Å². The van der Waals surface area contributed by atoms with Crippen LogP contribution in [0.25, 0.3) is 34.4 Å². The van der Waals surface area contributed by atoms with Crippen molar-refractivity contribution in [2.45, 2.75) is 57.8 Å². The van der Waals surface area contributed by atoms with Gasteiger partial charge < -0.3 is 9.80 Å². The first-order valence-electron chi connectivity index (χ1n) is 21.7. The van der Waals surface area contributed by atoms with Gasteiger partial charge in [0.1, 0.15) is 0 Å². The van der Waals surface area contributed by atoms with E-state index in [2.05, 4.69) is 245 Å². The highest BCUT2D eigenvalue weighted by Gasteiger charge is 2.40. The molecule has 2 aliphatic heterocycles. The zero-order valence-electron chi connectivity index (χ0n) is 35.9. The Bertz CT molecular complexity index is 2970. The van der Waals surface area contributed by atoms with Gasteiger partial charge in [-0.3, -0.25) is 0 Å². The van der Waals surface area contributed by atoms with Crippen molar-refractivity contribution < 1.29 is 0 Å². The SMILES string of the molecule is CC1(C)c2cc(/C=C/c3ccc(-c4cccc(N5c6ccccc6C(C)(C)c6ccccc65)c4)cc3)ccc2-c2ccc(N3c4ccccc4C(C)(C)c4ccccc43)cc21. The first-order valence-corrected chi connectivity index (χ1v) is 21.7. The lowest BCUT2D eigenvalue weighted by Crippen LogP contribution is -2.30. The molecule has 2 heterocycles. The predicted octanol–water partition coefficient (Wildman–Crippen LogP) is 16.0. The number of para-hydroxylation sites is 4. The first kappa shape index (κ1) is 37.1. The molecule has 0 saturated carbocycles. The van der Waals surface area contributed by atoms with Crippen molar-refractivity contribution in [3.8, 4) is 22.3 Å². The van der Waals surface area contributed by atoms with Gasteiger partial charge in [-0.2, -0.15) is 0 Å². The van der Waals surface area contributed by atoms with E-state index in [-0.39, 0.29) is 16.2 Å². The summed E-state index contributed by atoms with van der Waals surface area (Å²) in [5.41, 5.74) is 22.7. The lowest BCUT2D eigenvalue weighted by atomic mass is 9.73. The van der Waals surface area contributed by atoms with Crippen LogP contribution in [0.3, 0.4) is 0 Å². The minimum absolute atomic E-state index is 0.0809. The number of hydrogen-bond acceptors (Lipinski definition) is 2. The second kappa shape index (κ2) is 13.6. The Kier molecular flexibility index (Phi) is 8.25. The van der Waals surface area contributed by atoms with E-state index in [0.29, 0.717) is 0 Å². The van der Waals surface area contributed by atoms with E-state index in [4.69, 9.17) is 0 Å². The molecule has 8 aromatic carbocycles. The van der Waals surface area contributed by atoms with Crippen LogP contribution in [0.5, 0.6) is 0 Å². The van der Waals surface area contributed by atoms with Crippen LogP contribution < -0.4 is 9.80 Å². The molecule has 0 radical (unpaired) electrons. The van der Waals surface area contributed by atoms with Crippen LogP contribution in [-0.4, -0.2) is 0 Å². The normalized spacial score (nSPS) is 16.0. The highest BCUT2D eigenvalue weighted by molar-refractivity contribution is 5.91. The molecule has 0 aromatic heterocycles. The topological polar surface area (TPSA) is 6.48 Å². The molecular formula is C59H50N2. The van der Waals surface area contributed by atoms with Crippen LogP contribution >= 0.6 is 0 Å². The van der Waals surface area contributed by atoms with Crippen LogP contribution in [0, 0.1) is 0 Å². The van der Waals surface area contributed by atoms with Gasteiger partial charge in [0.25, 0.3) is 0 Å². The molecule has 2 heteroatoms. The van der Waals surface area contributed by atoms with Crippen LogP contribution in [0.15, 0.2) is 182 Å². The third-order valence-electron chi connectivity index (χ3n) is 14.0. The summed E-state index contributed by atoms with van der Waals surface area (Å²) < 4.78 is 0. The van der Waals surface area contributed by atoms with Crippen molar-refractivity contribution in [2.24, 2.45) is 0 Å². The van der Waals surface area contributed by atoms with Crippen LogP contribution in [0.1, 0.15) is 86.1 Å². The van der Waals surface area contributed by atoms with Crippen molar-refractivity contribution in [1.29, 1.82) is 0 Å². The van der Waals surface area contributed by atoms with Crippen LogP contribution in [-0.2, 0) is 16.2 Å². The highest BCUT2D eigenvalue weighted by Crippen LogP contribution is 2.55. The van der Waals surface area contributed by atoms with Gasteiger partial charge in [0.05, 0.1) is 22.7 Å². The van der Waals surface area contributed by atoms with E-state index in [1.807, 2.05) is 0 Å². The third-order valence-corrected chi connectivity index (χ3v) is 14.0. The van der Waals surface area contributed by atoms with Crippen molar-refractivity contribution >= 4 is 46.3 Å². The molecule has 0 unspecified atom stereocenters. The average Bonchev–Trinajstić information content (AvgIpc) is 3.51. The maximum absolute atomic E-state index is 2.47. The van der Waals surface area contributed by atoms with Gasteiger partial charge in [0, 0.05) is 27.6 Å². The number of nitrogens with zero attached hydrogens (tertiary/aromatic N) is 2. The van der Waals surface area contributed by atoms with Gasteiger partial charge in [-0.05, 0) is 115 Å². The monoisotopic (exact) mass is 786 g/mol. The molecule has 0 spiro atoms. The molecule has 11 rings (SSSR count). The number of fused-ring (bicyclic) bond motifs is 7. The fourth-order valence-electron chi connectivity index (χ4n) is 10.7. The molecule has 1 aliphatic carbocycles. The third kappa shape index (κ3) is 5.69. The summed E-state index contributed by atoms with van der Waals surface area (Å²) in [4.78, 5) is 4.90. The Labute approximate surface area is 361 Å². The standard InChI is InChI=1S/C59H50N2/c1-57(2)47-18-7-11-22-53(47)60(54-23-12-8-19-48(54)57)43-17-15-16-42(37-43)41-31-28-39(29-32-41)26-27-40-30-34-45-46-35-33-44(38-52(46)59(5,6)51(45)36-40)61-55-24-13-9-20-49(55)58(3,4)50-21-10-14-25-56(50)61/h7-38H,1-6H3/b27-26+. The van der Waals surface area contributed by atoms with Gasteiger partial charge >= 0.3 is 0 Å². The average molecular weight is 787 g/mol. The second-order valence-corrected chi connectivity index (χ2v) is 18.7. The van der Waals surface area contributed by atoms with E-state index in [9.17, 15) is 0 Å². The fourth-order valence-corrected chi connectivity index (χ4v) is 10.7. The minimum Gasteiger partial charge on any atom is -0.310 e. The zero-order valence-corrected chi connectivity index (χ0v) is 35.9. The summed E-state index contributed by atoms with van der Waals surface area (Å²) in [6, 6.07) is 67.6. The molecule has 0 atom stereocenters. The minimum atomic E-state index is -0.149. The van der Waals surface area contributed by atoms with Crippen molar-refractivity contribution in [3.63, 3.8) is 0 Å². The van der Waals surface area contributed by atoms with Crippen molar-refractivity contribution in [3.05, 3.63) is 226 Å². The van der Waals surface area contributed by atoms with Gasteiger partial charge in [-0.25, -0.2) is 0 Å². The van der Waals surface area contributed by atoms with E-state index in [1.165, 1.54) is 101 Å². The maximum Gasteiger partial charge on any atom is 0.0502 e. The molecule has 61 heavy (non-hydrogen) atoms. The quantitative estimate of drug-likeness (QED) is 0.160. The molecule has 0 amide bonds. The second-order valence-electron chi connectivity index (χ2n) is 18.7. The Morgan fingerprint density at radius 1 is 0.311 bits per heavy atom. The Morgan fingerprint density at radius 3 is 1.25 bits per heavy atom. The molecule has 3 aliphatic rings. The lowest BCUT2D eigenvalue weighted by Gasteiger charge is -2.42. The molecule has 0 bridgehead atoms.